The van der Waals surface area contributed by atoms with Crippen LogP contribution in [0.25, 0.3) is 11.3 Å². The number of hydrogen-bond donors (Lipinski definition) is 1. The number of halogens is 4. The Bertz CT molecular complexity index is 1760. The molecule has 10 nitrogen and oxygen atoms in total. The summed E-state index contributed by atoms with van der Waals surface area (Å²) in [7, 11) is 0. The maximum atomic E-state index is 14.7. The SMILES string of the molecule is CC(c1cnc(N2Cc3cccnc3C2)nc1)n1cc(NC(=O)c2cncc(-c3c(C(F)F)ccc(Cl)c3F)n2)cn1. The van der Waals surface area contributed by atoms with E-state index in [4.69, 9.17) is 11.6 Å². The van der Waals surface area contributed by atoms with Crippen molar-refractivity contribution in [3.63, 3.8) is 0 Å². The van der Waals surface area contributed by atoms with Crippen LogP contribution in [0.2, 0.25) is 5.02 Å². The van der Waals surface area contributed by atoms with E-state index < -0.39 is 29.3 Å². The summed E-state index contributed by atoms with van der Waals surface area (Å²) in [6, 6.07) is 5.74. The van der Waals surface area contributed by atoms with Crippen LogP contribution in [0.5, 0.6) is 0 Å². The van der Waals surface area contributed by atoms with Crippen LogP contribution in [0.4, 0.5) is 24.8 Å². The van der Waals surface area contributed by atoms with Crippen molar-refractivity contribution in [1.82, 2.24) is 34.7 Å². The van der Waals surface area contributed by atoms with Gasteiger partial charge in [0.25, 0.3) is 12.3 Å². The summed E-state index contributed by atoms with van der Waals surface area (Å²) in [5, 5.41) is 6.62. The van der Waals surface area contributed by atoms with Crippen molar-refractivity contribution in [1.29, 1.82) is 0 Å². The second kappa shape index (κ2) is 11.2. The first kappa shape index (κ1) is 27.3. The lowest BCUT2D eigenvalue weighted by Gasteiger charge is -2.16. The van der Waals surface area contributed by atoms with E-state index >= 15 is 0 Å². The van der Waals surface area contributed by atoms with Gasteiger partial charge in [0.05, 0.1) is 53.3 Å². The van der Waals surface area contributed by atoms with Gasteiger partial charge >= 0.3 is 0 Å². The van der Waals surface area contributed by atoms with Gasteiger partial charge in [0, 0.05) is 48.0 Å². The largest absolute Gasteiger partial charge is 0.331 e. The van der Waals surface area contributed by atoms with Gasteiger partial charge in [-0.3, -0.25) is 19.4 Å². The Kier molecular flexibility index (Phi) is 7.25. The zero-order valence-electron chi connectivity index (χ0n) is 21.9. The molecule has 0 radical (unpaired) electrons. The number of anilines is 2. The van der Waals surface area contributed by atoms with Gasteiger partial charge in [-0.2, -0.15) is 5.10 Å². The molecule has 1 atom stereocenters. The third kappa shape index (κ3) is 5.26. The minimum absolute atomic E-state index is 0.212. The van der Waals surface area contributed by atoms with Crippen molar-refractivity contribution in [3.05, 3.63) is 107 Å². The molecule has 4 aromatic heterocycles. The summed E-state index contributed by atoms with van der Waals surface area (Å²) in [6.07, 6.45) is 7.53. The fourth-order valence-electron chi connectivity index (χ4n) is 4.62. The summed E-state index contributed by atoms with van der Waals surface area (Å²) in [5.74, 6) is -1.17. The fraction of sp³-hybridized carbons (Fsp3) is 0.179. The Labute approximate surface area is 242 Å². The number of carbonyl (C=O) groups is 1. The van der Waals surface area contributed by atoms with Gasteiger partial charge in [0.2, 0.25) is 5.95 Å². The maximum Gasteiger partial charge on any atom is 0.275 e. The molecule has 0 saturated carbocycles. The first-order valence-corrected chi connectivity index (χ1v) is 13.1. The highest BCUT2D eigenvalue weighted by molar-refractivity contribution is 6.31. The molecule has 0 bridgehead atoms. The molecule has 0 saturated heterocycles. The van der Waals surface area contributed by atoms with E-state index in [-0.39, 0.29) is 22.5 Å². The van der Waals surface area contributed by atoms with Gasteiger partial charge in [-0.25, -0.2) is 28.1 Å². The summed E-state index contributed by atoms with van der Waals surface area (Å²) in [6.45, 7) is 3.23. The van der Waals surface area contributed by atoms with Crippen LogP contribution in [-0.2, 0) is 13.1 Å². The molecule has 42 heavy (non-hydrogen) atoms. The highest BCUT2D eigenvalue weighted by Crippen LogP contribution is 2.35. The lowest BCUT2D eigenvalue weighted by atomic mass is 10.0. The lowest BCUT2D eigenvalue weighted by Crippen LogP contribution is -2.18. The molecule has 6 rings (SSSR count). The number of amides is 1. The van der Waals surface area contributed by atoms with Crippen LogP contribution < -0.4 is 10.2 Å². The van der Waals surface area contributed by atoms with Crippen molar-refractivity contribution in [2.75, 3.05) is 10.2 Å². The number of rotatable bonds is 7. The second-order valence-corrected chi connectivity index (χ2v) is 9.94. The van der Waals surface area contributed by atoms with Crippen LogP contribution in [0.1, 0.15) is 52.3 Å². The molecule has 14 heteroatoms. The molecule has 0 fully saturated rings. The van der Waals surface area contributed by atoms with Crippen molar-refractivity contribution in [3.8, 4) is 11.3 Å². The molecule has 0 spiro atoms. The molecular formula is C28H21ClF3N9O. The molecule has 5 aromatic rings. The molecule has 1 aliphatic heterocycles. The monoisotopic (exact) mass is 591 g/mol. The second-order valence-electron chi connectivity index (χ2n) is 9.54. The van der Waals surface area contributed by atoms with Crippen LogP contribution >= 0.6 is 11.6 Å². The quantitative estimate of drug-likeness (QED) is 0.259. The number of benzene rings is 1. The standard InChI is InChI=1S/C28H21ClF3N9O/c1-15(17-7-35-28(36-8-17)40-12-16-3-2-6-34-23(16)14-40)41-13-18(9-37-41)38-27(42)22-11-33-10-21(39-22)24-19(26(31)32)4-5-20(29)25(24)30/h2-11,13,15,26H,12,14H2,1H3,(H,38,42). The third-order valence-corrected chi connectivity index (χ3v) is 7.14. The lowest BCUT2D eigenvalue weighted by molar-refractivity contribution is 0.102. The van der Waals surface area contributed by atoms with E-state index in [2.05, 4.69) is 35.3 Å². The molecule has 1 amide bonds. The Hall–Kier alpha value is -4.91. The molecule has 1 unspecified atom stereocenters. The van der Waals surface area contributed by atoms with Crippen molar-refractivity contribution >= 4 is 29.1 Å². The van der Waals surface area contributed by atoms with E-state index in [0.29, 0.717) is 24.7 Å². The van der Waals surface area contributed by atoms with Crippen LogP contribution in [0.3, 0.4) is 0 Å². The topological polar surface area (TPSA) is 115 Å². The van der Waals surface area contributed by atoms with Gasteiger partial charge in [-0.1, -0.05) is 23.7 Å². The number of hydrogen-bond acceptors (Lipinski definition) is 8. The molecule has 1 aliphatic rings. The molecule has 0 aliphatic carbocycles. The number of nitrogens with zero attached hydrogens (tertiary/aromatic N) is 8. The highest BCUT2D eigenvalue weighted by atomic mass is 35.5. The van der Waals surface area contributed by atoms with Crippen LogP contribution in [0.15, 0.2) is 67.6 Å². The predicted octanol–water partition coefficient (Wildman–Crippen LogP) is 5.64. The smallest absolute Gasteiger partial charge is 0.275 e. The maximum absolute atomic E-state index is 14.7. The number of alkyl halides is 2. The van der Waals surface area contributed by atoms with Gasteiger partial charge in [0.15, 0.2) is 5.82 Å². The van der Waals surface area contributed by atoms with E-state index in [1.54, 1.807) is 29.5 Å². The van der Waals surface area contributed by atoms with Crippen molar-refractivity contribution in [2.45, 2.75) is 32.5 Å². The zero-order chi connectivity index (χ0) is 29.4. The first-order valence-electron chi connectivity index (χ1n) is 12.7. The molecule has 1 N–H and O–H groups in total. The van der Waals surface area contributed by atoms with Crippen LogP contribution in [-0.4, -0.2) is 40.6 Å². The minimum atomic E-state index is -2.99. The number of carbonyl (C=O) groups excluding carboxylic acids is 1. The van der Waals surface area contributed by atoms with Crippen molar-refractivity contribution < 1.29 is 18.0 Å². The van der Waals surface area contributed by atoms with Crippen LogP contribution in [0, 0.1) is 5.82 Å². The Morgan fingerprint density at radius 2 is 1.86 bits per heavy atom. The molecular weight excluding hydrogens is 571 g/mol. The number of nitrogens with one attached hydrogen (secondary N) is 1. The normalized spacial score (nSPS) is 13.3. The van der Waals surface area contributed by atoms with E-state index in [9.17, 15) is 18.0 Å². The Morgan fingerprint density at radius 1 is 1.05 bits per heavy atom. The van der Waals surface area contributed by atoms with Crippen molar-refractivity contribution in [2.24, 2.45) is 0 Å². The molecule has 1 aromatic carbocycles. The minimum Gasteiger partial charge on any atom is -0.331 e. The highest BCUT2D eigenvalue weighted by Gasteiger charge is 2.24. The van der Waals surface area contributed by atoms with E-state index in [0.717, 1.165) is 41.3 Å². The summed E-state index contributed by atoms with van der Waals surface area (Å²) in [5.41, 5.74) is 1.72. The Balaban J connectivity index is 1.15. The summed E-state index contributed by atoms with van der Waals surface area (Å²) in [4.78, 5) is 36.4. The average molecular weight is 592 g/mol. The number of fused-ring (bicyclic) bond motifs is 1. The average Bonchev–Trinajstić information content (AvgIpc) is 3.65. The Morgan fingerprint density at radius 3 is 2.62 bits per heavy atom. The number of aromatic nitrogens is 7. The fourth-order valence-corrected chi connectivity index (χ4v) is 4.77. The van der Waals surface area contributed by atoms with Gasteiger partial charge < -0.3 is 10.2 Å². The predicted molar refractivity (Wildman–Crippen MR) is 148 cm³/mol. The van der Waals surface area contributed by atoms with E-state index in [1.807, 2.05) is 24.0 Å². The number of pyridine rings is 1. The van der Waals surface area contributed by atoms with E-state index in [1.165, 1.54) is 6.20 Å². The first-order chi connectivity index (χ1) is 20.3. The summed E-state index contributed by atoms with van der Waals surface area (Å²) < 4.78 is 43.4. The zero-order valence-corrected chi connectivity index (χ0v) is 22.7. The summed E-state index contributed by atoms with van der Waals surface area (Å²) >= 11 is 5.81. The van der Waals surface area contributed by atoms with Gasteiger partial charge in [-0.05, 0) is 24.6 Å². The van der Waals surface area contributed by atoms with Gasteiger partial charge in [0.1, 0.15) is 5.69 Å². The molecule has 5 heterocycles. The van der Waals surface area contributed by atoms with Gasteiger partial charge in [-0.15, -0.1) is 0 Å². The molecule has 212 valence electrons. The third-order valence-electron chi connectivity index (χ3n) is 6.85.